The summed E-state index contributed by atoms with van der Waals surface area (Å²) in [4.78, 5) is 26.9. The number of likely N-dealkylation sites (tertiary alicyclic amines) is 1. The number of nitrogens with one attached hydrogen (secondary N) is 2. The normalized spacial score (nSPS) is 15.9. The van der Waals surface area contributed by atoms with Gasteiger partial charge >= 0.3 is 6.03 Å². The molecule has 2 aromatic rings. The van der Waals surface area contributed by atoms with Crippen LogP contribution in [0, 0.1) is 12.3 Å². The Kier molecular flexibility index (Phi) is 8.53. The van der Waals surface area contributed by atoms with E-state index >= 15 is 0 Å². The maximum absolute atomic E-state index is 12.7. The number of urea groups is 1. The van der Waals surface area contributed by atoms with Crippen molar-refractivity contribution in [2.45, 2.75) is 38.3 Å². The van der Waals surface area contributed by atoms with Crippen LogP contribution in [0.25, 0.3) is 10.8 Å². The van der Waals surface area contributed by atoms with E-state index in [0.29, 0.717) is 38.9 Å². The van der Waals surface area contributed by atoms with Crippen LogP contribution in [0.5, 0.6) is 0 Å². The maximum atomic E-state index is 12.7. The van der Waals surface area contributed by atoms with E-state index in [1.165, 1.54) is 16.3 Å². The number of amides is 3. The van der Waals surface area contributed by atoms with Gasteiger partial charge in [0.1, 0.15) is 0 Å². The Morgan fingerprint density at radius 2 is 1.82 bits per heavy atom. The molecule has 1 saturated heterocycles. The molecule has 2 N–H and O–H groups in total. The third kappa shape index (κ3) is 6.27. The van der Waals surface area contributed by atoms with Gasteiger partial charge in [0.05, 0.1) is 18.8 Å². The smallest absolute Gasteiger partial charge is 0.331 e. The molecule has 2 aromatic carbocycles. The van der Waals surface area contributed by atoms with Crippen molar-refractivity contribution in [1.29, 1.82) is 0 Å². The summed E-state index contributed by atoms with van der Waals surface area (Å²) in [6.07, 6.45) is 7.58. The standard InChI is InChI=1S/C25H32N4O4S/c1-4-5-15-26-24(30)18-27-25(31)29(34(3,32)33)21-13-16-28(17-14-21)19(2)22-12-8-10-20-9-6-7-11-23(20)22/h1,6-12,19,21H,5,13-18H2,2-3H3,(H,26,30)(H,27,31). The van der Waals surface area contributed by atoms with Crippen LogP contribution in [-0.2, 0) is 14.8 Å². The monoisotopic (exact) mass is 484 g/mol. The van der Waals surface area contributed by atoms with Gasteiger partial charge in [-0.25, -0.2) is 17.5 Å². The number of rotatable bonds is 8. The van der Waals surface area contributed by atoms with E-state index in [9.17, 15) is 18.0 Å². The lowest BCUT2D eigenvalue weighted by molar-refractivity contribution is -0.120. The van der Waals surface area contributed by atoms with Gasteiger partial charge in [0.2, 0.25) is 15.9 Å². The van der Waals surface area contributed by atoms with Crippen molar-refractivity contribution in [3.63, 3.8) is 0 Å². The Morgan fingerprint density at radius 1 is 1.15 bits per heavy atom. The van der Waals surface area contributed by atoms with Crippen molar-refractivity contribution in [3.8, 4) is 12.3 Å². The lowest BCUT2D eigenvalue weighted by Gasteiger charge is -2.39. The lowest BCUT2D eigenvalue weighted by Crippen LogP contribution is -2.54. The van der Waals surface area contributed by atoms with Crippen LogP contribution < -0.4 is 10.6 Å². The Bertz CT molecular complexity index is 1160. The van der Waals surface area contributed by atoms with Crippen molar-refractivity contribution < 1.29 is 18.0 Å². The Labute approximate surface area is 201 Å². The van der Waals surface area contributed by atoms with E-state index in [1.807, 2.05) is 12.1 Å². The molecule has 1 unspecified atom stereocenters. The predicted molar refractivity (Wildman–Crippen MR) is 133 cm³/mol. The van der Waals surface area contributed by atoms with E-state index in [-0.39, 0.29) is 12.6 Å². The maximum Gasteiger partial charge on any atom is 0.331 e. The van der Waals surface area contributed by atoms with Gasteiger partial charge < -0.3 is 10.6 Å². The second-order valence-electron chi connectivity index (χ2n) is 8.53. The van der Waals surface area contributed by atoms with Gasteiger partial charge in [-0.1, -0.05) is 42.5 Å². The molecule has 0 aliphatic carbocycles. The molecule has 1 fully saturated rings. The Balaban J connectivity index is 1.63. The van der Waals surface area contributed by atoms with Gasteiger partial charge in [0.15, 0.2) is 0 Å². The van der Waals surface area contributed by atoms with Crippen LogP contribution in [0.4, 0.5) is 4.79 Å². The number of carbonyl (C=O) groups is 2. The molecule has 0 bridgehead atoms. The average Bonchev–Trinajstić information content (AvgIpc) is 2.82. The number of hydrogen-bond acceptors (Lipinski definition) is 5. The minimum Gasteiger partial charge on any atom is -0.354 e. The predicted octanol–water partition coefficient (Wildman–Crippen LogP) is 2.48. The van der Waals surface area contributed by atoms with Gasteiger partial charge in [-0.05, 0) is 36.1 Å². The average molecular weight is 485 g/mol. The fourth-order valence-electron chi connectivity index (χ4n) is 4.48. The fourth-order valence-corrected chi connectivity index (χ4v) is 5.59. The minimum atomic E-state index is -3.81. The molecule has 1 aliphatic rings. The van der Waals surface area contributed by atoms with Crippen molar-refractivity contribution in [3.05, 3.63) is 48.0 Å². The molecule has 0 spiro atoms. The van der Waals surface area contributed by atoms with Gasteiger partial charge in [-0.3, -0.25) is 9.69 Å². The quantitative estimate of drug-likeness (QED) is 0.443. The minimum absolute atomic E-state index is 0.152. The zero-order chi connectivity index (χ0) is 24.7. The molecule has 182 valence electrons. The molecule has 1 heterocycles. The first-order chi connectivity index (χ1) is 16.2. The third-order valence-electron chi connectivity index (χ3n) is 6.20. The molecule has 8 nitrogen and oxygen atoms in total. The summed E-state index contributed by atoms with van der Waals surface area (Å²) in [5.74, 6) is 1.99. The van der Waals surface area contributed by atoms with Crippen molar-refractivity contribution in [1.82, 2.24) is 19.8 Å². The number of terminal acetylenes is 1. The summed E-state index contributed by atoms with van der Waals surface area (Å²) in [7, 11) is -3.81. The first kappa shape index (κ1) is 25.5. The van der Waals surface area contributed by atoms with E-state index in [0.717, 1.165) is 10.6 Å². The number of benzene rings is 2. The molecule has 0 saturated carbocycles. The summed E-state index contributed by atoms with van der Waals surface area (Å²) in [5.41, 5.74) is 1.23. The molecule has 0 aromatic heterocycles. The zero-order valence-electron chi connectivity index (χ0n) is 19.7. The molecule has 1 aliphatic heterocycles. The van der Waals surface area contributed by atoms with Crippen LogP contribution in [0.2, 0.25) is 0 Å². The Morgan fingerprint density at radius 3 is 2.50 bits per heavy atom. The van der Waals surface area contributed by atoms with Gasteiger partial charge in [0.25, 0.3) is 0 Å². The number of fused-ring (bicyclic) bond motifs is 1. The number of hydrogen-bond donors (Lipinski definition) is 2. The highest BCUT2D eigenvalue weighted by atomic mass is 32.2. The molecule has 9 heteroatoms. The van der Waals surface area contributed by atoms with Crippen molar-refractivity contribution >= 4 is 32.7 Å². The molecule has 34 heavy (non-hydrogen) atoms. The van der Waals surface area contributed by atoms with Crippen LogP contribution >= 0.6 is 0 Å². The fraction of sp³-hybridized carbons (Fsp3) is 0.440. The highest BCUT2D eigenvalue weighted by Gasteiger charge is 2.35. The second-order valence-corrected chi connectivity index (χ2v) is 10.4. The molecular formula is C25H32N4O4S. The summed E-state index contributed by atoms with van der Waals surface area (Å²) in [6.45, 7) is 3.45. The van der Waals surface area contributed by atoms with Gasteiger partial charge in [-0.15, -0.1) is 12.3 Å². The van der Waals surface area contributed by atoms with Crippen LogP contribution in [0.15, 0.2) is 42.5 Å². The largest absolute Gasteiger partial charge is 0.354 e. The summed E-state index contributed by atoms with van der Waals surface area (Å²) < 4.78 is 25.8. The van der Waals surface area contributed by atoms with Gasteiger partial charge in [-0.2, -0.15) is 0 Å². The molecule has 1 atom stereocenters. The number of nitrogens with zero attached hydrogens (tertiary/aromatic N) is 2. The van der Waals surface area contributed by atoms with Gasteiger partial charge in [0, 0.05) is 32.1 Å². The van der Waals surface area contributed by atoms with E-state index in [2.05, 4.69) is 58.7 Å². The van der Waals surface area contributed by atoms with Crippen LogP contribution in [0.3, 0.4) is 0 Å². The first-order valence-corrected chi connectivity index (χ1v) is 13.3. The summed E-state index contributed by atoms with van der Waals surface area (Å²) in [6, 6.07) is 13.4. The number of piperidine rings is 1. The topological polar surface area (TPSA) is 98.8 Å². The lowest BCUT2D eigenvalue weighted by atomic mass is 9.96. The molecule has 3 amide bonds. The highest BCUT2D eigenvalue weighted by molar-refractivity contribution is 7.88. The van der Waals surface area contributed by atoms with E-state index in [4.69, 9.17) is 6.42 Å². The number of carbonyl (C=O) groups excluding carboxylic acids is 2. The van der Waals surface area contributed by atoms with E-state index in [1.54, 1.807) is 0 Å². The number of sulfonamides is 1. The zero-order valence-corrected chi connectivity index (χ0v) is 20.5. The summed E-state index contributed by atoms with van der Waals surface area (Å²) >= 11 is 0. The molecular weight excluding hydrogens is 452 g/mol. The van der Waals surface area contributed by atoms with Crippen LogP contribution in [0.1, 0.15) is 37.8 Å². The van der Waals surface area contributed by atoms with Crippen molar-refractivity contribution in [2.24, 2.45) is 0 Å². The third-order valence-corrected chi connectivity index (χ3v) is 7.38. The molecule has 3 rings (SSSR count). The second kappa shape index (κ2) is 11.4. The van der Waals surface area contributed by atoms with E-state index < -0.39 is 28.0 Å². The first-order valence-electron chi connectivity index (χ1n) is 11.4. The summed E-state index contributed by atoms with van der Waals surface area (Å²) in [5, 5.41) is 7.39. The molecule has 0 radical (unpaired) electrons. The SMILES string of the molecule is C#CCCNC(=O)CNC(=O)N(C1CCN(C(C)c2cccc3ccccc23)CC1)S(C)(=O)=O. The van der Waals surface area contributed by atoms with Crippen LogP contribution in [-0.4, -0.2) is 68.0 Å². The van der Waals surface area contributed by atoms with Crippen molar-refractivity contribution in [2.75, 3.05) is 32.4 Å². The highest BCUT2D eigenvalue weighted by Crippen LogP contribution is 2.31. The Hall–Kier alpha value is -3.09.